The molecule has 2 fully saturated rings. The van der Waals surface area contributed by atoms with Gasteiger partial charge in [-0.1, -0.05) is 15.9 Å². The first-order valence-corrected chi connectivity index (χ1v) is 11.2. The van der Waals surface area contributed by atoms with Crippen LogP contribution in [0, 0.1) is 17.7 Å². The van der Waals surface area contributed by atoms with Crippen molar-refractivity contribution in [1.82, 2.24) is 10.2 Å². The Labute approximate surface area is 171 Å². The Morgan fingerprint density at radius 2 is 1.85 bits per heavy atom. The number of likely N-dealkylation sites (tertiary alicyclic amines) is 1. The number of carbonyl (C=O) groups is 1. The van der Waals surface area contributed by atoms with Gasteiger partial charge in [-0.05, 0) is 107 Å². The molecule has 1 saturated heterocycles. The van der Waals surface area contributed by atoms with Crippen molar-refractivity contribution >= 4 is 21.8 Å². The van der Waals surface area contributed by atoms with Gasteiger partial charge in [0.15, 0.2) is 0 Å². The second kappa shape index (κ2) is 10.0. The van der Waals surface area contributed by atoms with Gasteiger partial charge < -0.3 is 10.2 Å². The third-order valence-corrected chi connectivity index (χ3v) is 7.10. The molecule has 0 bridgehead atoms. The molecule has 0 spiro atoms. The van der Waals surface area contributed by atoms with E-state index in [1.807, 2.05) is 6.07 Å². The summed E-state index contributed by atoms with van der Waals surface area (Å²) >= 11 is 3.56. The van der Waals surface area contributed by atoms with Gasteiger partial charge in [-0.2, -0.15) is 0 Å². The Kier molecular flexibility index (Phi) is 7.71. The van der Waals surface area contributed by atoms with Gasteiger partial charge >= 0.3 is 0 Å². The summed E-state index contributed by atoms with van der Waals surface area (Å²) in [7, 11) is 0. The Hall–Kier alpha value is -0.940. The van der Waals surface area contributed by atoms with Gasteiger partial charge in [0.1, 0.15) is 5.82 Å². The molecule has 2 aliphatic rings. The van der Waals surface area contributed by atoms with Crippen molar-refractivity contribution in [2.24, 2.45) is 11.8 Å². The zero-order valence-electron chi connectivity index (χ0n) is 16.4. The summed E-state index contributed by atoms with van der Waals surface area (Å²) in [5, 5.41) is 3.06. The number of hydrogen-bond acceptors (Lipinski definition) is 2. The molecular weight excluding hydrogens is 407 g/mol. The summed E-state index contributed by atoms with van der Waals surface area (Å²) in [5.41, 5.74) is 1.10. The predicted octanol–water partition coefficient (Wildman–Crippen LogP) is 4.93. The molecular formula is C22H32BrFN2O. The number of carbonyl (C=O) groups excluding carboxylic acids is 1. The van der Waals surface area contributed by atoms with Crippen molar-refractivity contribution in [3.8, 4) is 0 Å². The van der Waals surface area contributed by atoms with Crippen LogP contribution in [0.25, 0.3) is 0 Å². The minimum Gasteiger partial charge on any atom is -0.354 e. The summed E-state index contributed by atoms with van der Waals surface area (Å²) in [6, 6.07) is 5.41. The molecule has 0 atom stereocenters. The molecule has 1 aliphatic carbocycles. The Balaban J connectivity index is 1.34. The van der Waals surface area contributed by atoms with Crippen LogP contribution in [0.5, 0.6) is 0 Å². The number of benzene rings is 1. The van der Waals surface area contributed by atoms with E-state index in [-0.39, 0.29) is 11.7 Å². The number of nitrogens with zero attached hydrogens (tertiary/aromatic N) is 1. The molecule has 1 saturated carbocycles. The highest BCUT2D eigenvalue weighted by molar-refractivity contribution is 9.10. The Morgan fingerprint density at radius 3 is 2.52 bits per heavy atom. The maximum absolute atomic E-state index is 13.5. The summed E-state index contributed by atoms with van der Waals surface area (Å²) in [4.78, 5) is 13.8. The van der Waals surface area contributed by atoms with Crippen LogP contribution in [-0.4, -0.2) is 36.5 Å². The minimum absolute atomic E-state index is 0.103. The van der Waals surface area contributed by atoms with Crippen LogP contribution >= 0.6 is 15.9 Å². The molecule has 1 N–H and O–H groups in total. The van der Waals surface area contributed by atoms with Crippen molar-refractivity contribution in [2.45, 2.75) is 64.3 Å². The number of nitrogens with one attached hydrogen (secondary N) is 1. The van der Waals surface area contributed by atoms with Gasteiger partial charge in [0, 0.05) is 17.4 Å². The van der Waals surface area contributed by atoms with E-state index < -0.39 is 0 Å². The fraction of sp³-hybridized carbons (Fsp3) is 0.682. The molecule has 0 aromatic heterocycles. The van der Waals surface area contributed by atoms with Crippen molar-refractivity contribution in [3.63, 3.8) is 0 Å². The largest absolute Gasteiger partial charge is 0.354 e. The van der Waals surface area contributed by atoms with E-state index in [9.17, 15) is 9.18 Å². The summed E-state index contributed by atoms with van der Waals surface area (Å²) in [5.74, 6) is 1.44. The van der Waals surface area contributed by atoms with Crippen LogP contribution in [0.15, 0.2) is 22.7 Å². The van der Waals surface area contributed by atoms with E-state index in [2.05, 4.69) is 26.1 Å². The standard InChI is InChI=1S/C22H32BrFN2O/c1-16(27)25-21-5-2-17(3-6-21)8-11-26-12-9-18(10-13-26)14-19-15-20(24)4-7-22(19)23/h4,7,15,17-18,21H,2-3,5-6,8-14H2,1H3,(H,25,27)/t17-,21-. The van der Waals surface area contributed by atoms with Crippen molar-refractivity contribution < 1.29 is 9.18 Å². The van der Waals surface area contributed by atoms with E-state index in [4.69, 9.17) is 0 Å². The fourth-order valence-corrected chi connectivity index (χ4v) is 5.08. The van der Waals surface area contributed by atoms with Crippen molar-refractivity contribution in [2.75, 3.05) is 19.6 Å². The lowest BCUT2D eigenvalue weighted by Gasteiger charge is -2.34. The third-order valence-electron chi connectivity index (χ3n) is 6.33. The molecule has 5 heteroatoms. The second-order valence-corrected chi connectivity index (χ2v) is 9.29. The monoisotopic (exact) mass is 438 g/mol. The molecule has 1 amide bonds. The second-order valence-electron chi connectivity index (χ2n) is 8.43. The van der Waals surface area contributed by atoms with E-state index in [0.29, 0.717) is 12.0 Å². The zero-order valence-corrected chi connectivity index (χ0v) is 17.9. The first-order chi connectivity index (χ1) is 13.0. The van der Waals surface area contributed by atoms with Gasteiger partial charge in [-0.15, -0.1) is 0 Å². The molecule has 1 aromatic carbocycles. The molecule has 0 radical (unpaired) electrons. The Morgan fingerprint density at radius 1 is 1.15 bits per heavy atom. The van der Waals surface area contributed by atoms with Gasteiger partial charge in [0.25, 0.3) is 0 Å². The van der Waals surface area contributed by atoms with Crippen molar-refractivity contribution in [3.05, 3.63) is 34.1 Å². The van der Waals surface area contributed by atoms with Gasteiger partial charge in [0.2, 0.25) is 5.91 Å². The highest BCUT2D eigenvalue weighted by Crippen LogP contribution is 2.29. The highest BCUT2D eigenvalue weighted by atomic mass is 79.9. The Bertz CT molecular complexity index is 623. The zero-order chi connectivity index (χ0) is 19.2. The lowest BCUT2D eigenvalue weighted by atomic mass is 9.83. The maximum atomic E-state index is 13.5. The van der Waals surface area contributed by atoms with E-state index in [1.165, 1.54) is 57.8 Å². The molecule has 1 aromatic rings. The SMILES string of the molecule is CC(=O)N[C@H]1CC[C@H](CCN2CCC(Cc3cc(F)ccc3Br)CC2)CC1. The van der Waals surface area contributed by atoms with E-state index in [0.717, 1.165) is 35.2 Å². The van der Waals surface area contributed by atoms with Crippen LogP contribution in [0.3, 0.4) is 0 Å². The number of hydrogen-bond donors (Lipinski definition) is 1. The van der Waals surface area contributed by atoms with Crippen LogP contribution < -0.4 is 5.32 Å². The average molecular weight is 439 g/mol. The average Bonchev–Trinajstić information content (AvgIpc) is 2.65. The van der Waals surface area contributed by atoms with Crippen molar-refractivity contribution in [1.29, 1.82) is 0 Å². The minimum atomic E-state index is -0.140. The normalized spacial score (nSPS) is 24.7. The van der Waals surface area contributed by atoms with Crippen LogP contribution in [0.1, 0.15) is 57.4 Å². The smallest absolute Gasteiger partial charge is 0.217 e. The van der Waals surface area contributed by atoms with Crippen LogP contribution in [-0.2, 0) is 11.2 Å². The number of rotatable bonds is 6. The number of halogens is 2. The topological polar surface area (TPSA) is 32.3 Å². The first kappa shape index (κ1) is 20.8. The lowest BCUT2D eigenvalue weighted by molar-refractivity contribution is -0.119. The van der Waals surface area contributed by atoms with Gasteiger partial charge in [-0.25, -0.2) is 4.39 Å². The summed E-state index contributed by atoms with van der Waals surface area (Å²) < 4.78 is 14.5. The molecule has 0 unspecified atom stereocenters. The van der Waals surface area contributed by atoms with Crippen LogP contribution in [0.4, 0.5) is 4.39 Å². The maximum Gasteiger partial charge on any atom is 0.217 e. The number of amides is 1. The van der Waals surface area contributed by atoms with E-state index >= 15 is 0 Å². The van der Waals surface area contributed by atoms with Crippen LogP contribution in [0.2, 0.25) is 0 Å². The summed E-state index contributed by atoms with van der Waals surface area (Å²) in [6.07, 6.45) is 9.43. The van der Waals surface area contributed by atoms with E-state index in [1.54, 1.807) is 13.0 Å². The predicted molar refractivity (Wildman–Crippen MR) is 111 cm³/mol. The third kappa shape index (κ3) is 6.56. The van der Waals surface area contributed by atoms with Gasteiger partial charge in [0.05, 0.1) is 0 Å². The van der Waals surface area contributed by atoms with Gasteiger partial charge in [-0.3, -0.25) is 4.79 Å². The molecule has 150 valence electrons. The number of piperidine rings is 1. The molecule has 27 heavy (non-hydrogen) atoms. The molecule has 1 aliphatic heterocycles. The summed E-state index contributed by atoms with van der Waals surface area (Å²) in [6.45, 7) is 5.15. The lowest BCUT2D eigenvalue weighted by Crippen LogP contribution is -2.38. The first-order valence-electron chi connectivity index (χ1n) is 10.4. The fourth-order valence-electron chi connectivity index (χ4n) is 4.67. The molecule has 1 heterocycles. The quantitative estimate of drug-likeness (QED) is 0.682. The molecule has 3 rings (SSSR count). The highest BCUT2D eigenvalue weighted by Gasteiger charge is 2.24. The molecule has 3 nitrogen and oxygen atoms in total.